The molecule has 1 atom stereocenters. The molecule has 0 bridgehead atoms. The molecule has 3 aromatic rings. The van der Waals surface area contributed by atoms with Crippen LogP contribution in [0.2, 0.25) is 5.02 Å². The molecule has 1 amide bonds. The third-order valence-electron chi connectivity index (χ3n) is 5.23. The van der Waals surface area contributed by atoms with E-state index in [0.717, 1.165) is 22.2 Å². The molecule has 154 valence electrons. The second-order valence-corrected chi connectivity index (χ2v) is 7.79. The van der Waals surface area contributed by atoms with Gasteiger partial charge in [0.2, 0.25) is 0 Å². The number of H-pyrrole nitrogens is 1. The van der Waals surface area contributed by atoms with Gasteiger partial charge >= 0.3 is 0 Å². The first-order chi connectivity index (χ1) is 14.5. The average Bonchev–Trinajstić information content (AvgIpc) is 3.40. The van der Waals surface area contributed by atoms with Crippen molar-refractivity contribution in [1.29, 1.82) is 0 Å². The number of benzene rings is 2. The van der Waals surface area contributed by atoms with Crippen LogP contribution in [0, 0.1) is 6.92 Å². The number of carbonyl (C=O) groups is 1. The molecular weight excluding hydrogens is 400 g/mol. The van der Waals surface area contributed by atoms with E-state index in [2.05, 4.69) is 21.9 Å². The van der Waals surface area contributed by atoms with Gasteiger partial charge in [-0.1, -0.05) is 36.4 Å². The van der Waals surface area contributed by atoms with Crippen molar-refractivity contribution in [2.45, 2.75) is 13.0 Å². The maximum atomic E-state index is 12.7. The molecule has 0 saturated carbocycles. The molecule has 7 heteroatoms. The molecule has 6 nitrogen and oxygen atoms in total. The van der Waals surface area contributed by atoms with Crippen LogP contribution in [0.5, 0.6) is 0 Å². The standard InChI is InChI=1S/C23H23ClN4O2/c1-14-11-16(5-7-18(14)23(30)28-9-3-4-10-28)15(2)25-21(13-29)22-26-19-8-6-17(24)12-20(19)27-22/h3-8,11-12,21,25,29H,2,9-10,13H2,1H3,(H,26,27)/t21-/m0/s1. The number of aromatic nitrogens is 2. The number of hydrogen-bond donors (Lipinski definition) is 3. The van der Waals surface area contributed by atoms with Gasteiger partial charge < -0.3 is 20.3 Å². The van der Waals surface area contributed by atoms with Crippen LogP contribution < -0.4 is 5.32 Å². The predicted molar refractivity (Wildman–Crippen MR) is 119 cm³/mol. The largest absolute Gasteiger partial charge is 0.394 e. The minimum absolute atomic E-state index is 0.0248. The van der Waals surface area contributed by atoms with Crippen molar-refractivity contribution in [3.63, 3.8) is 0 Å². The number of fused-ring (bicyclic) bond motifs is 1. The SMILES string of the molecule is C=C(N[C@@H](CO)c1nc2ccc(Cl)cc2[nH]1)c1ccc(C(=O)N2CC=CC2)c(C)c1. The van der Waals surface area contributed by atoms with Gasteiger partial charge in [-0.2, -0.15) is 0 Å². The summed E-state index contributed by atoms with van der Waals surface area (Å²) in [6.07, 6.45) is 3.99. The van der Waals surface area contributed by atoms with Gasteiger partial charge in [0, 0.05) is 29.4 Å². The second-order valence-electron chi connectivity index (χ2n) is 7.35. The lowest BCUT2D eigenvalue weighted by Crippen LogP contribution is -2.29. The Hall–Kier alpha value is -3.09. The molecule has 1 aliphatic rings. The molecule has 3 N–H and O–H groups in total. The summed E-state index contributed by atoms with van der Waals surface area (Å²) in [5.41, 5.74) is 4.63. The molecule has 2 heterocycles. The fourth-order valence-electron chi connectivity index (χ4n) is 3.57. The molecule has 0 fully saturated rings. The quantitative estimate of drug-likeness (QED) is 0.527. The lowest BCUT2D eigenvalue weighted by Gasteiger charge is -2.20. The number of nitrogens with one attached hydrogen (secondary N) is 2. The molecule has 2 aromatic carbocycles. The summed E-state index contributed by atoms with van der Waals surface area (Å²) in [5, 5.41) is 13.7. The van der Waals surface area contributed by atoms with Crippen molar-refractivity contribution in [3.05, 3.63) is 82.7 Å². The predicted octanol–water partition coefficient (Wildman–Crippen LogP) is 3.83. The summed E-state index contributed by atoms with van der Waals surface area (Å²) < 4.78 is 0. The first-order valence-corrected chi connectivity index (χ1v) is 10.1. The molecule has 0 aliphatic carbocycles. The zero-order valence-corrected chi connectivity index (χ0v) is 17.4. The Morgan fingerprint density at radius 3 is 2.77 bits per heavy atom. The van der Waals surface area contributed by atoms with Gasteiger partial charge in [-0.15, -0.1) is 0 Å². The Labute approximate surface area is 179 Å². The number of hydrogen-bond acceptors (Lipinski definition) is 4. The highest BCUT2D eigenvalue weighted by atomic mass is 35.5. The van der Waals surface area contributed by atoms with Crippen LogP contribution in [0.3, 0.4) is 0 Å². The Bertz CT molecular complexity index is 1140. The van der Waals surface area contributed by atoms with Gasteiger partial charge in [-0.05, 0) is 48.4 Å². The number of nitrogens with zero attached hydrogens (tertiary/aromatic N) is 2. The maximum absolute atomic E-state index is 12.7. The van der Waals surface area contributed by atoms with E-state index in [1.54, 1.807) is 17.0 Å². The van der Waals surface area contributed by atoms with Crippen LogP contribution in [0.4, 0.5) is 0 Å². The Kier molecular flexibility index (Phi) is 5.61. The zero-order chi connectivity index (χ0) is 21.3. The van der Waals surface area contributed by atoms with E-state index in [-0.39, 0.29) is 12.5 Å². The van der Waals surface area contributed by atoms with Crippen molar-refractivity contribution < 1.29 is 9.90 Å². The minimum atomic E-state index is -0.457. The fourth-order valence-corrected chi connectivity index (χ4v) is 3.74. The van der Waals surface area contributed by atoms with Crippen LogP contribution >= 0.6 is 11.6 Å². The summed E-state index contributed by atoms with van der Waals surface area (Å²) in [7, 11) is 0. The van der Waals surface area contributed by atoms with Crippen LogP contribution in [0.25, 0.3) is 16.7 Å². The molecule has 0 spiro atoms. The van der Waals surface area contributed by atoms with Gasteiger partial charge in [0.05, 0.1) is 17.6 Å². The Morgan fingerprint density at radius 2 is 2.07 bits per heavy atom. The fraction of sp³-hybridized carbons (Fsp3) is 0.217. The smallest absolute Gasteiger partial charge is 0.254 e. The van der Waals surface area contributed by atoms with Crippen molar-refractivity contribution in [2.24, 2.45) is 0 Å². The highest BCUT2D eigenvalue weighted by Crippen LogP contribution is 2.23. The van der Waals surface area contributed by atoms with Gasteiger partial charge in [0.25, 0.3) is 5.91 Å². The van der Waals surface area contributed by atoms with E-state index in [9.17, 15) is 9.90 Å². The van der Waals surface area contributed by atoms with Crippen LogP contribution in [0.1, 0.15) is 33.4 Å². The van der Waals surface area contributed by atoms with Gasteiger partial charge in [-0.3, -0.25) is 4.79 Å². The monoisotopic (exact) mass is 422 g/mol. The van der Waals surface area contributed by atoms with Crippen molar-refractivity contribution in [3.8, 4) is 0 Å². The van der Waals surface area contributed by atoms with Crippen molar-refractivity contribution in [1.82, 2.24) is 20.2 Å². The average molecular weight is 423 g/mol. The Balaban J connectivity index is 1.51. The second kappa shape index (κ2) is 8.34. The van der Waals surface area contributed by atoms with Crippen molar-refractivity contribution in [2.75, 3.05) is 19.7 Å². The molecule has 1 aliphatic heterocycles. The number of amides is 1. The summed E-state index contributed by atoms with van der Waals surface area (Å²) in [6.45, 7) is 7.16. The number of halogens is 1. The lowest BCUT2D eigenvalue weighted by molar-refractivity contribution is 0.0799. The Morgan fingerprint density at radius 1 is 1.30 bits per heavy atom. The van der Waals surface area contributed by atoms with Crippen LogP contribution in [0.15, 0.2) is 55.1 Å². The van der Waals surface area contributed by atoms with Gasteiger partial charge in [0.1, 0.15) is 11.9 Å². The molecule has 0 unspecified atom stereocenters. The van der Waals surface area contributed by atoms with E-state index < -0.39 is 6.04 Å². The number of aliphatic hydroxyl groups excluding tert-OH is 1. The summed E-state index contributed by atoms with van der Waals surface area (Å²) in [5.74, 6) is 0.623. The number of aliphatic hydroxyl groups is 1. The number of aryl methyl sites for hydroxylation is 1. The molecular formula is C23H23ClN4O2. The van der Waals surface area contributed by atoms with Crippen LogP contribution in [-0.4, -0.2) is 45.6 Å². The molecule has 1 aromatic heterocycles. The maximum Gasteiger partial charge on any atom is 0.254 e. The normalized spacial score (nSPS) is 14.3. The van der Waals surface area contributed by atoms with Crippen molar-refractivity contribution >= 4 is 34.2 Å². The van der Waals surface area contributed by atoms with Gasteiger partial charge in [0.15, 0.2) is 0 Å². The first kappa shape index (κ1) is 20.2. The number of aromatic amines is 1. The van der Waals surface area contributed by atoms with Gasteiger partial charge in [-0.25, -0.2) is 4.98 Å². The third-order valence-corrected chi connectivity index (χ3v) is 5.47. The lowest BCUT2D eigenvalue weighted by atomic mass is 10.0. The molecule has 0 radical (unpaired) electrons. The highest BCUT2D eigenvalue weighted by molar-refractivity contribution is 6.31. The van der Waals surface area contributed by atoms with E-state index >= 15 is 0 Å². The molecule has 30 heavy (non-hydrogen) atoms. The topological polar surface area (TPSA) is 81.2 Å². The zero-order valence-electron chi connectivity index (χ0n) is 16.7. The third kappa shape index (κ3) is 3.97. The number of imidazole rings is 1. The highest BCUT2D eigenvalue weighted by Gasteiger charge is 2.20. The number of carbonyl (C=O) groups excluding carboxylic acids is 1. The summed E-state index contributed by atoms with van der Waals surface area (Å²) in [6, 6.07) is 10.6. The molecule has 0 saturated heterocycles. The van der Waals surface area contributed by atoms with Crippen LogP contribution in [-0.2, 0) is 0 Å². The first-order valence-electron chi connectivity index (χ1n) is 9.73. The van der Waals surface area contributed by atoms with E-state index in [0.29, 0.717) is 35.2 Å². The van der Waals surface area contributed by atoms with E-state index in [4.69, 9.17) is 11.6 Å². The molecule has 4 rings (SSSR count). The minimum Gasteiger partial charge on any atom is -0.394 e. The summed E-state index contributed by atoms with van der Waals surface area (Å²) >= 11 is 6.04. The van der Waals surface area contributed by atoms with E-state index in [1.807, 2.05) is 43.3 Å². The number of rotatable bonds is 6. The summed E-state index contributed by atoms with van der Waals surface area (Å²) in [4.78, 5) is 22.2. The van der Waals surface area contributed by atoms with E-state index in [1.165, 1.54) is 0 Å².